The van der Waals surface area contributed by atoms with E-state index in [4.69, 9.17) is 4.74 Å². The van der Waals surface area contributed by atoms with E-state index in [-0.39, 0.29) is 17.5 Å². The summed E-state index contributed by atoms with van der Waals surface area (Å²) < 4.78 is 29.6. The molecule has 2 fully saturated rings. The minimum atomic E-state index is -2.94. The standard InChI is InChI=1S/C25H29N3O5S/c29-25(30)24(28-11-9-27(10-12-28)19-8-13-34(31,32)17-19)22-15-26-23-14-20(6-7-21(22)23)33-16-18-4-2-1-3-5-18/h1-7,14-15,19,24,26H,8-13,16-17H2,(H,29,30)/t19-,24+/m1/s1. The number of nitrogens with one attached hydrogen (secondary N) is 1. The lowest BCUT2D eigenvalue weighted by Crippen LogP contribution is -2.52. The highest BCUT2D eigenvalue weighted by molar-refractivity contribution is 7.91. The van der Waals surface area contributed by atoms with Crippen LogP contribution in [-0.2, 0) is 21.2 Å². The number of carbonyl (C=O) groups is 1. The van der Waals surface area contributed by atoms with E-state index in [0.717, 1.165) is 27.8 Å². The molecule has 34 heavy (non-hydrogen) atoms. The second-order valence-corrected chi connectivity index (χ2v) is 11.3. The van der Waals surface area contributed by atoms with Crippen LogP contribution in [0.1, 0.15) is 23.6 Å². The molecule has 2 N–H and O–H groups in total. The van der Waals surface area contributed by atoms with E-state index in [1.54, 1.807) is 6.20 Å². The Morgan fingerprint density at radius 2 is 1.88 bits per heavy atom. The van der Waals surface area contributed by atoms with Gasteiger partial charge in [0.2, 0.25) is 0 Å². The molecule has 0 aliphatic carbocycles. The summed E-state index contributed by atoms with van der Waals surface area (Å²) in [5.74, 6) is 0.299. The van der Waals surface area contributed by atoms with E-state index in [1.165, 1.54) is 0 Å². The zero-order valence-corrected chi connectivity index (χ0v) is 19.7. The summed E-state index contributed by atoms with van der Waals surface area (Å²) in [5, 5.41) is 11.0. The molecule has 8 nitrogen and oxygen atoms in total. The highest BCUT2D eigenvalue weighted by Crippen LogP contribution is 2.32. The Balaban J connectivity index is 1.28. The van der Waals surface area contributed by atoms with Gasteiger partial charge < -0.3 is 14.8 Å². The molecule has 0 radical (unpaired) electrons. The van der Waals surface area contributed by atoms with E-state index in [2.05, 4.69) is 9.88 Å². The maximum absolute atomic E-state index is 12.3. The smallest absolute Gasteiger partial charge is 0.325 e. The van der Waals surface area contributed by atoms with E-state index < -0.39 is 21.8 Å². The number of nitrogens with zero attached hydrogens (tertiary/aromatic N) is 2. The fourth-order valence-corrected chi connectivity index (χ4v) is 6.86. The fourth-order valence-electron chi connectivity index (χ4n) is 5.09. The first-order valence-corrected chi connectivity index (χ1v) is 13.4. The molecule has 0 bridgehead atoms. The zero-order valence-electron chi connectivity index (χ0n) is 18.9. The second kappa shape index (κ2) is 9.40. The van der Waals surface area contributed by atoms with Crippen molar-refractivity contribution in [3.8, 4) is 5.75 Å². The summed E-state index contributed by atoms with van der Waals surface area (Å²) in [5.41, 5.74) is 2.64. The topological polar surface area (TPSA) is 103 Å². The number of piperazine rings is 1. The molecule has 2 aromatic carbocycles. The molecule has 0 unspecified atom stereocenters. The number of carboxylic acids is 1. The Kier molecular flexibility index (Phi) is 6.33. The molecule has 0 amide bonds. The number of carboxylic acid groups (broad SMARTS) is 1. The van der Waals surface area contributed by atoms with Gasteiger partial charge in [-0.15, -0.1) is 0 Å². The third kappa shape index (κ3) is 4.82. The summed E-state index contributed by atoms with van der Waals surface area (Å²) in [7, 11) is -2.94. The number of ether oxygens (including phenoxy) is 1. The molecule has 2 aliphatic rings. The van der Waals surface area contributed by atoms with Crippen LogP contribution in [0.3, 0.4) is 0 Å². The van der Waals surface area contributed by atoms with Gasteiger partial charge >= 0.3 is 5.97 Å². The summed E-state index contributed by atoms with van der Waals surface area (Å²) in [4.78, 5) is 19.7. The number of benzene rings is 2. The number of fused-ring (bicyclic) bond motifs is 1. The number of aliphatic carboxylic acids is 1. The Morgan fingerprint density at radius 1 is 1.12 bits per heavy atom. The maximum Gasteiger partial charge on any atom is 0.325 e. The zero-order chi connectivity index (χ0) is 23.7. The van der Waals surface area contributed by atoms with Gasteiger partial charge in [0.1, 0.15) is 18.4 Å². The summed E-state index contributed by atoms with van der Waals surface area (Å²) in [6.45, 7) is 2.97. The van der Waals surface area contributed by atoms with Gasteiger partial charge in [0, 0.05) is 61.0 Å². The average Bonchev–Trinajstić information content (AvgIpc) is 3.41. The average molecular weight is 484 g/mol. The highest BCUT2D eigenvalue weighted by atomic mass is 32.2. The molecule has 180 valence electrons. The maximum atomic E-state index is 12.3. The van der Waals surface area contributed by atoms with Crippen molar-refractivity contribution in [2.45, 2.75) is 25.1 Å². The Labute approximate surface area is 199 Å². The molecule has 3 heterocycles. The Hall–Kier alpha value is -2.88. The van der Waals surface area contributed by atoms with E-state index >= 15 is 0 Å². The number of aromatic amines is 1. The van der Waals surface area contributed by atoms with E-state index in [0.29, 0.717) is 39.2 Å². The van der Waals surface area contributed by atoms with Crippen molar-refractivity contribution in [3.05, 3.63) is 65.9 Å². The van der Waals surface area contributed by atoms with Crippen LogP contribution in [0.25, 0.3) is 10.9 Å². The monoisotopic (exact) mass is 483 g/mol. The predicted molar refractivity (Wildman–Crippen MR) is 130 cm³/mol. The number of rotatable bonds is 7. The van der Waals surface area contributed by atoms with Crippen LogP contribution in [0.15, 0.2) is 54.7 Å². The molecule has 1 aromatic heterocycles. The highest BCUT2D eigenvalue weighted by Gasteiger charge is 2.37. The van der Waals surface area contributed by atoms with Crippen molar-refractivity contribution < 1.29 is 23.1 Å². The first-order valence-electron chi connectivity index (χ1n) is 11.6. The Morgan fingerprint density at radius 3 is 2.56 bits per heavy atom. The summed E-state index contributed by atoms with van der Waals surface area (Å²) >= 11 is 0. The van der Waals surface area contributed by atoms with Crippen molar-refractivity contribution in [3.63, 3.8) is 0 Å². The number of aromatic nitrogens is 1. The van der Waals surface area contributed by atoms with Gasteiger partial charge in [0.05, 0.1) is 11.5 Å². The molecule has 2 saturated heterocycles. The number of sulfone groups is 1. The van der Waals surface area contributed by atoms with E-state index in [1.807, 2.05) is 53.4 Å². The lowest BCUT2D eigenvalue weighted by atomic mass is 10.0. The minimum absolute atomic E-state index is 0.0535. The molecular weight excluding hydrogens is 454 g/mol. The second-order valence-electron chi connectivity index (χ2n) is 9.10. The van der Waals surface area contributed by atoms with E-state index in [9.17, 15) is 18.3 Å². The first-order chi connectivity index (χ1) is 16.4. The molecule has 5 rings (SSSR count). The van der Waals surface area contributed by atoms with Gasteiger partial charge in [0.15, 0.2) is 9.84 Å². The van der Waals surface area contributed by atoms with Crippen molar-refractivity contribution in [1.82, 2.24) is 14.8 Å². The summed E-state index contributed by atoms with van der Waals surface area (Å²) in [6, 6.07) is 14.9. The van der Waals surface area contributed by atoms with Crippen LogP contribution in [-0.4, -0.2) is 78.0 Å². The van der Waals surface area contributed by atoms with Crippen molar-refractivity contribution >= 4 is 26.7 Å². The summed E-state index contributed by atoms with van der Waals surface area (Å²) in [6.07, 6.45) is 2.45. The normalized spacial score (nSPS) is 22.1. The first kappa shape index (κ1) is 22.9. The minimum Gasteiger partial charge on any atom is -0.489 e. The largest absolute Gasteiger partial charge is 0.489 e. The van der Waals surface area contributed by atoms with Gasteiger partial charge in [-0.05, 0) is 24.1 Å². The quantitative estimate of drug-likeness (QED) is 0.533. The van der Waals surface area contributed by atoms with Crippen molar-refractivity contribution in [2.24, 2.45) is 0 Å². The lowest BCUT2D eigenvalue weighted by Gasteiger charge is -2.39. The van der Waals surface area contributed by atoms with Crippen LogP contribution >= 0.6 is 0 Å². The fraction of sp³-hybridized carbons (Fsp3) is 0.400. The number of hydrogen-bond donors (Lipinski definition) is 2. The number of H-pyrrole nitrogens is 1. The van der Waals surface area contributed by atoms with Gasteiger partial charge in [-0.2, -0.15) is 0 Å². The predicted octanol–water partition coefficient (Wildman–Crippen LogP) is 2.68. The van der Waals surface area contributed by atoms with Crippen LogP contribution in [0.4, 0.5) is 0 Å². The van der Waals surface area contributed by atoms with Crippen LogP contribution < -0.4 is 4.74 Å². The van der Waals surface area contributed by atoms with Gasteiger partial charge in [-0.25, -0.2) is 8.42 Å². The van der Waals surface area contributed by atoms with Crippen LogP contribution in [0, 0.1) is 0 Å². The number of hydrogen-bond acceptors (Lipinski definition) is 6. The van der Waals surface area contributed by atoms with Crippen LogP contribution in [0.2, 0.25) is 0 Å². The third-order valence-electron chi connectivity index (χ3n) is 6.90. The third-order valence-corrected chi connectivity index (χ3v) is 8.65. The van der Waals surface area contributed by atoms with Gasteiger partial charge in [-0.3, -0.25) is 14.6 Å². The van der Waals surface area contributed by atoms with Crippen LogP contribution in [0.5, 0.6) is 5.75 Å². The van der Waals surface area contributed by atoms with Crippen molar-refractivity contribution in [1.29, 1.82) is 0 Å². The SMILES string of the molecule is O=C(O)[C@H](c1c[nH]c2cc(OCc3ccccc3)ccc12)N1CCN([C@@H]2CCS(=O)(=O)C2)CC1. The molecule has 2 aliphatic heterocycles. The molecule has 2 atom stereocenters. The van der Waals surface area contributed by atoms with Crippen molar-refractivity contribution in [2.75, 3.05) is 37.7 Å². The molecule has 9 heteroatoms. The molecule has 3 aromatic rings. The van der Waals surface area contributed by atoms with Gasteiger partial charge in [0.25, 0.3) is 0 Å². The molecule has 0 saturated carbocycles. The van der Waals surface area contributed by atoms with Gasteiger partial charge in [-0.1, -0.05) is 30.3 Å². The molecular formula is C25H29N3O5S. The Bertz CT molecular complexity index is 1270. The lowest BCUT2D eigenvalue weighted by molar-refractivity contribution is -0.144. The molecule has 0 spiro atoms.